The molecular weight excluding hydrogens is 248 g/mol. The van der Waals surface area contributed by atoms with Gasteiger partial charge in [0.25, 0.3) is 5.91 Å². The molecule has 0 spiro atoms. The first kappa shape index (κ1) is 13.5. The molecule has 0 unspecified atom stereocenters. The summed E-state index contributed by atoms with van der Waals surface area (Å²) in [5.41, 5.74) is 0. The summed E-state index contributed by atoms with van der Waals surface area (Å²) in [5, 5.41) is 13.5. The van der Waals surface area contributed by atoms with Gasteiger partial charge in [-0.3, -0.25) is 4.79 Å². The van der Waals surface area contributed by atoms with E-state index < -0.39 is 0 Å². The number of carbonyl (C=O) groups excluding carboxylic acids is 1. The highest BCUT2D eigenvalue weighted by molar-refractivity contribution is 7.13. The van der Waals surface area contributed by atoms with Crippen LogP contribution >= 0.6 is 11.3 Å². The topological polar surface area (TPSA) is 62.2 Å². The van der Waals surface area contributed by atoms with Gasteiger partial charge in [-0.2, -0.15) is 0 Å². The van der Waals surface area contributed by atoms with Gasteiger partial charge in [0, 0.05) is 6.04 Å². The highest BCUT2D eigenvalue weighted by atomic mass is 32.1. The lowest BCUT2D eigenvalue weighted by molar-refractivity contribution is 0.0871. The van der Waals surface area contributed by atoms with Gasteiger partial charge in [0.2, 0.25) is 0 Å². The number of thiazole rings is 1. The van der Waals surface area contributed by atoms with Crippen molar-refractivity contribution in [2.24, 2.45) is 0 Å². The van der Waals surface area contributed by atoms with Gasteiger partial charge in [0.1, 0.15) is 4.88 Å². The Balaban J connectivity index is 1.86. The van der Waals surface area contributed by atoms with Gasteiger partial charge >= 0.3 is 0 Å². The van der Waals surface area contributed by atoms with Crippen LogP contribution in [0.5, 0.6) is 0 Å². The van der Waals surface area contributed by atoms with Crippen LogP contribution in [0.15, 0.2) is 6.20 Å². The van der Waals surface area contributed by atoms with Gasteiger partial charge in [-0.15, -0.1) is 11.3 Å². The lowest BCUT2D eigenvalue weighted by Gasteiger charge is -2.25. The van der Waals surface area contributed by atoms with Crippen LogP contribution in [0, 0.1) is 0 Å². The first-order valence-electron chi connectivity index (χ1n) is 6.62. The standard InChI is InChI=1S/C13H20N2O2S/c1-2-3-12-14-8-11(18-12)13(17)15-9-4-6-10(16)7-5-9/h8-10,16H,2-7H2,1H3,(H,15,17). The zero-order chi connectivity index (χ0) is 13.0. The highest BCUT2D eigenvalue weighted by Gasteiger charge is 2.21. The quantitative estimate of drug-likeness (QED) is 0.879. The molecule has 0 aromatic carbocycles. The molecule has 5 heteroatoms. The molecule has 0 saturated heterocycles. The average Bonchev–Trinajstić information content (AvgIpc) is 2.81. The van der Waals surface area contributed by atoms with E-state index >= 15 is 0 Å². The lowest BCUT2D eigenvalue weighted by atomic mass is 9.93. The Bertz CT molecular complexity index is 397. The van der Waals surface area contributed by atoms with Crippen molar-refractivity contribution in [1.82, 2.24) is 10.3 Å². The lowest BCUT2D eigenvalue weighted by Crippen LogP contribution is -2.38. The zero-order valence-corrected chi connectivity index (χ0v) is 11.5. The van der Waals surface area contributed by atoms with E-state index in [-0.39, 0.29) is 18.1 Å². The van der Waals surface area contributed by atoms with E-state index in [0.717, 1.165) is 43.5 Å². The third-order valence-electron chi connectivity index (χ3n) is 3.27. The van der Waals surface area contributed by atoms with Crippen LogP contribution in [-0.2, 0) is 6.42 Å². The maximum atomic E-state index is 12.0. The second kappa shape index (κ2) is 6.29. The van der Waals surface area contributed by atoms with Crippen molar-refractivity contribution in [3.05, 3.63) is 16.1 Å². The molecule has 2 N–H and O–H groups in total. The summed E-state index contributed by atoms with van der Waals surface area (Å²) in [6.45, 7) is 2.11. The van der Waals surface area contributed by atoms with Crippen LogP contribution in [0.25, 0.3) is 0 Å². The molecule has 2 rings (SSSR count). The zero-order valence-electron chi connectivity index (χ0n) is 10.7. The molecule has 100 valence electrons. The molecule has 18 heavy (non-hydrogen) atoms. The fourth-order valence-corrected chi connectivity index (χ4v) is 3.14. The van der Waals surface area contributed by atoms with E-state index in [1.807, 2.05) is 0 Å². The molecule has 0 aliphatic heterocycles. The van der Waals surface area contributed by atoms with Crippen LogP contribution < -0.4 is 5.32 Å². The van der Waals surface area contributed by atoms with Crippen molar-refractivity contribution < 1.29 is 9.90 Å². The van der Waals surface area contributed by atoms with Crippen molar-refractivity contribution in [2.75, 3.05) is 0 Å². The first-order chi connectivity index (χ1) is 8.69. The van der Waals surface area contributed by atoms with Crippen molar-refractivity contribution in [3.63, 3.8) is 0 Å². The average molecular weight is 268 g/mol. The normalized spacial score (nSPS) is 23.9. The second-order valence-corrected chi connectivity index (χ2v) is 5.96. The van der Waals surface area contributed by atoms with Crippen molar-refractivity contribution >= 4 is 17.2 Å². The number of aliphatic hydroxyl groups excluding tert-OH is 1. The van der Waals surface area contributed by atoms with Gasteiger partial charge < -0.3 is 10.4 Å². The molecule has 1 saturated carbocycles. The number of amides is 1. The summed E-state index contributed by atoms with van der Waals surface area (Å²) >= 11 is 1.48. The SMILES string of the molecule is CCCc1ncc(C(=O)NC2CCC(O)CC2)s1. The van der Waals surface area contributed by atoms with Gasteiger partial charge in [0.05, 0.1) is 17.3 Å². The number of hydrogen-bond donors (Lipinski definition) is 2. The minimum absolute atomic E-state index is 0.0174. The first-order valence-corrected chi connectivity index (χ1v) is 7.44. The molecule has 0 bridgehead atoms. The number of rotatable bonds is 4. The number of nitrogens with one attached hydrogen (secondary N) is 1. The maximum absolute atomic E-state index is 12.0. The Labute approximate surface area is 111 Å². The molecule has 1 aliphatic rings. The maximum Gasteiger partial charge on any atom is 0.263 e. The molecule has 1 amide bonds. The molecule has 0 atom stereocenters. The third kappa shape index (κ3) is 3.53. The van der Waals surface area contributed by atoms with Crippen molar-refractivity contribution in [3.8, 4) is 0 Å². The Morgan fingerprint density at radius 3 is 2.89 bits per heavy atom. The van der Waals surface area contributed by atoms with E-state index in [1.165, 1.54) is 11.3 Å². The summed E-state index contributed by atoms with van der Waals surface area (Å²) in [6, 6.07) is 0.206. The minimum Gasteiger partial charge on any atom is -0.393 e. The predicted octanol–water partition coefficient (Wildman–Crippen LogP) is 2.13. The molecule has 1 aliphatic carbocycles. The Morgan fingerprint density at radius 1 is 1.50 bits per heavy atom. The molecule has 1 aromatic heterocycles. The Kier molecular flexibility index (Phi) is 4.72. The van der Waals surface area contributed by atoms with Gasteiger partial charge in [-0.05, 0) is 38.5 Å². The number of hydrogen-bond acceptors (Lipinski definition) is 4. The van der Waals surface area contributed by atoms with E-state index in [9.17, 15) is 9.90 Å². The number of aliphatic hydroxyl groups is 1. The number of aromatic nitrogens is 1. The summed E-state index contributed by atoms with van der Waals surface area (Å²) in [6.07, 6.45) is 6.79. The van der Waals surface area contributed by atoms with E-state index in [2.05, 4.69) is 17.2 Å². The molecule has 1 heterocycles. The second-order valence-electron chi connectivity index (χ2n) is 4.85. The van der Waals surface area contributed by atoms with E-state index in [1.54, 1.807) is 6.20 Å². The summed E-state index contributed by atoms with van der Waals surface area (Å²) < 4.78 is 0. The van der Waals surface area contributed by atoms with Crippen molar-refractivity contribution in [2.45, 2.75) is 57.6 Å². The molecule has 0 radical (unpaired) electrons. The van der Waals surface area contributed by atoms with E-state index in [0.29, 0.717) is 4.88 Å². The highest BCUT2D eigenvalue weighted by Crippen LogP contribution is 2.20. The van der Waals surface area contributed by atoms with Crippen LogP contribution in [0.1, 0.15) is 53.7 Å². The summed E-state index contributed by atoms with van der Waals surface area (Å²) in [7, 11) is 0. The Morgan fingerprint density at radius 2 is 2.22 bits per heavy atom. The van der Waals surface area contributed by atoms with Crippen LogP contribution in [0.4, 0.5) is 0 Å². The predicted molar refractivity (Wildman–Crippen MR) is 71.8 cm³/mol. The number of carbonyl (C=O) groups is 1. The van der Waals surface area contributed by atoms with Crippen molar-refractivity contribution in [1.29, 1.82) is 0 Å². The summed E-state index contributed by atoms with van der Waals surface area (Å²) in [4.78, 5) is 17.0. The molecular formula is C13H20N2O2S. The fraction of sp³-hybridized carbons (Fsp3) is 0.692. The summed E-state index contributed by atoms with van der Waals surface area (Å²) in [5.74, 6) is -0.0174. The van der Waals surface area contributed by atoms with Gasteiger partial charge in [-0.1, -0.05) is 6.92 Å². The van der Waals surface area contributed by atoms with Gasteiger partial charge in [0.15, 0.2) is 0 Å². The molecule has 4 nitrogen and oxygen atoms in total. The largest absolute Gasteiger partial charge is 0.393 e. The Hall–Kier alpha value is -0.940. The van der Waals surface area contributed by atoms with E-state index in [4.69, 9.17) is 0 Å². The minimum atomic E-state index is -0.183. The van der Waals surface area contributed by atoms with Crippen LogP contribution in [-0.4, -0.2) is 28.1 Å². The fourth-order valence-electron chi connectivity index (χ4n) is 2.22. The van der Waals surface area contributed by atoms with Gasteiger partial charge in [-0.25, -0.2) is 4.98 Å². The molecule has 1 aromatic rings. The number of aryl methyl sites for hydroxylation is 1. The third-order valence-corrected chi connectivity index (χ3v) is 4.33. The van der Waals surface area contributed by atoms with Crippen LogP contribution in [0.2, 0.25) is 0 Å². The smallest absolute Gasteiger partial charge is 0.263 e. The van der Waals surface area contributed by atoms with Crippen LogP contribution in [0.3, 0.4) is 0 Å². The monoisotopic (exact) mass is 268 g/mol. The molecule has 1 fully saturated rings. The number of nitrogens with zero attached hydrogens (tertiary/aromatic N) is 1.